The number of hydrogen-bond acceptors (Lipinski definition) is 4. The molecule has 1 saturated carbocycles. The summed E-state index contributed by atoms with van der Waals surface area (Å²) in [4.78, 5) is 26.7. The highest BCUT2D eigenvalue weighted by Gasteiger charge is 2.47. The average molecular weight is 323 g/mol. The monoisotopic (exact) mass is 323 g/mol. The molecule has 2 saturated heterocycles. The van der Waals surface area contributed by atoms with Gasteiger partial charge in [-0.1, -0.05) is 19.3 Å². The SMILES string of the molecule is COC(=O)C1CC2C(CCC(C)N2C(=O)CC2CCCCC2)O1. The lowest BCUT2D eigenvalue weighted by atomic mass is 9.85. The first-order valence-corrected chi connectivity index (χ1v) is 9.14. The van der Waals surface area contributed by atoms with E-state index in [1.165, 1.54) is 39.2 Å². The van der Waals surface area contributed by atoms with Crippen molar-refractivity contribution >= 4 is 11.9 Å². The number of hydrogen-bond donors (Lipinski definition) is 0. The van der Waals surface area contributed by atoms with E-state index in [0.29, 0.717) is 18.8 Å². The molecule has 2 heterocycles. The highest BCUT2D eigenvalue weighted by atomic mass is 16.6. The third kappa shape index (κ3) is 3.54. The molecule has 0 spiro atoms. The molecular weight excluding hydrogens is 294 g/mol. The van der Waals surface area contributed by atoms with Crippen LogP contribution in [-0.4, -0.2) is 48.2 Å². The number of methoxy groups -OCH3 is 1. The van der Waals surface area contributed by atoms with E-state index in [4.69, 9.17) is 9.47 Å². The van der Waals surface area contributed by atoms with Crippen LogP contribution in [0.3, 0.4) is 0 Å². The number of ether oxygens (including phenoxy) is 2. The zero-order valence-electron chi connectivity index (χ0n) is 14.3. The van der Waals surface area contributed by atoms with Crippen molar-refractivity contribution in [2.75, 3.05) is 7.11 Å². The minimum Gasteiger partial charge on any atom is -0.467 e. The maximum absolute atomic E-state index is 12.9. The van der Waals surface area contributed by atoms with Gasteiger partial charge < -0.3 is 14.4 Å². The van der Waals surface area contributed by atoms with Crippen molar-refractivity contribution < 1.29 is 19.1 Å². The van der Waals surface area contributed by atoms with Gasteiger partial charge in [-0.2, -0.15) is 0 Å². The minimum atomic E-state index is -0.509. The highest BCUT2D eigenvalue weighted by Crippen LogP contribution is 2.37. The molecule has 2 aliphatic heterocycles. The first-order valence-electron chi connectivity index (χ1n) is 9.14. The summed E-state index contributed by atoms with van der Waals surface area (Å²) in [5.74, 6) is 0.488. The van der Waals surface area contributed by atoms with Crippen LogP contribution in [0.1, 0.15) is 64.7 Å². The predicted octanol–water partition coefficient (Wildman–Crippen LogP) is 2.67. The van der Waals surface area contributed by atoms with E-state index in [0.717, 1.165) is 12.8 Å². The number of amides is 1. The molecule has 4 unspecified atom stereocenters. The van der Waals surface area contributed by atoms with Gasteiger partial charge in [0.05, 0.1) is 19.3 Å². The van der Waals surface area contributed by atoms with E-state index in [1.54, 1.807) is 0 Å². The summed E-state index contributed by atoms with van der Waals surface area (Å²) in [6, 6.07) is 0.284. The fraction of sp³-hybridized carbons (Fsp3) is 0.889. The molecule has 5 nitrogen and oxygen atoms in total. The van der Waals surface area contributed by atoms with E-state index < -0.39 is 6.10 Å². The van der Waals surface area contributed by atoms with Crippen LogP contribution in [0.15, 0.2) is 0 Å². The molecule has 0 aromatic rings. The van der Waals surface area contributed by atoms with Gasteiger partial charge in [0, 0.05) is 18.9 Å². The Kier molecular flexibility index (Phi) is 5.24. The summed E-state index contributed by atoms with van der Waals surface area (Å²) in [5.41, 5.74) is 0. The maximum Gasteiger partial charge on any atom is 0.335 e. The Morgan fingerprint density at radius 3 is 2.57 bits per heavy atom. The summed E-state index contributed by atoms with van der Waals surface area (Å²) in [5, 5.41) is 0. The van der Waals surface area contributed by atoms with Gasteiger partial charge >= 0.3 is 5.97 Å². The van der Waals surface area contributed by atoms with Crippen molar-refractivity contribution in [3.8, 4) is 0 Å². The zero-order chi connectivity index (χ0) is 16.4. The number of carbonyl (C=O) groups is 2. The van der Waals surface area contributed by atoms with Crippen molar-refractivity contribution in [1.29, 1.82) is 0 Å². The normalized spacial score (nSPS) is 35.0. The fourth-order valence-corrected chi connectivity index (χ4v) is 4.61. The number of likely N-dealkylation sites (tertiary alicyclic amines) is 1. The standard InChI is InChI=1S/C18H29NO4/c1-12-8-9-15-14(11-16(23-15)18(21)22-2)19(12)17(20)10-13-6-4-3-5-7-13/h12-16H,3-11H2,1-2H3. The van der Waals surface area contributed by atoms with Crippen molar-refractivity contribution in [1.82, 2.24) is 4.90 Å². The third-order valence-corrected chi connectivity index (χ3v) is 5.87. The first-order chi connectivity index (χ1) is 11.1. The molecule has 5 heteroatoms. The van der Waals surface area contributed by atoms with Crippen molar-refractivity contribution in [2.24, 2.45) is 5.92 Å². The Bertz CT molecular complexity index is 446. The molecule has 4 atom stereocenters. The minimum absolute atomic E-state index is 0.00870. The van der Waals surface area contributed by atoms with E-state index in [1.807, 2.05) is 4.90 Å². The van der Waals surface area contributed by atoms with Gasteiger partial charge in [0.15, 0.2) is 6.10 Å². The van der Waals surface area contributed by atoms with Crippen LogP contribution < -0.4 is 0 Å². The first kappa shape index (κ1) is 16.7. The lowest BCUT2D eigenvalue weighted by Crippen LogP contribution is -2.53. The molecule has 0 bridgehead atoms. The van der Waals surface area contributed by atoms with Crippen molar-refractivity contribution in [3.05, 3.63) is 0 Å². The smallest absolute Gasteiger partial charge is 0.335 e. The van der Waals surface area contributed by atoms with Gasteiger partial charge in [-0.3, -0.25) is 4.79 Å². The number of piperidine rings is 1. The largest absolute Gasteiger partial charge is 0.467 e. The molecule has 0 aromatic carbocycles. The van der Waals surface area contributed by atoms with Gasteiger partial charge in [0.2, 0.25) is 5.91 Å². The second-order valence-electron chi connectivity index (χ2n) is 7.42. The summed E-state index contributed by atoms with van der Waals surface area (Å²) in [6.07, 6.45) is 8.79. The number of nitrogens with zero attached hydrogens (tertiary/aromatic N) is 1. The van der Waals surface area contributed by atoms with Gasteiger partial charge in [0.25, 0.3) is 0 Å². The zero-order valence-corrected chi connectivity index (χ0v) is 14.3. The van der Waals surface area contributed by atoms with E-state index in [2.05, 4.69) is 6.92 Å². The second-order valence-corrected chi connectivity index (χ2v) is 7.42. The van der Waals surface area contributed by atoms with E-state index >= 15 is 0 Å². The Hall–Kier alpha value is -1.10. The maximum atomic E-state index is 12.9. The molecule has 1 aliphatic carbocycles. The number of esters is 1. The van der Waals surface area contributed by atoms with Crippen molar-refractivity contribution in [3.63, 3.8) is 0 Å². The predicted molar refractivity (Wildman–Crippen MR) is 85.8 cm³/mol. The van der Waals surface area contributed by atoms with Gasteiger partial charge in [-0.25, -0.2) is 4.79 Å². The van der Waals surface area contributed by atoms with E-state index in [-0.39, 0.29) is 30.1 Å². The molecule has 23 heavy (non-hydrogen) atoms. The summed E-state index contributed by atoms with van der Waals surface area (Å²) < 4.78 is 10.7. The van der Waals surface area contributed by atoms with Crippen molar-refractivity contribution in [2.45, 2.75) is 89.0 Å². The van der Waals surface area contributed by atoms with Crippen LogP contribution in [0.2, 0.25) is 0 Å². The van der Waals surface area contributed by atoms with E-state index in [9.17, 15) is 9.59 Å². The molecule has 0 aromatic heterocycles. The number of fused-ring (bicyclic) bond motifs is 1. The lowest BCUT2D eigenvalue weighted by Gasteiger charge is -2.42. The Morgan fingerprint density at radius 2 is 1.87 bits per heavy atom. The van der Waals surface area contributed by atoms with Crippen LogP contribution in [0.5, 0.6) is 0 Å². The molecule has 3 aliphatic rings. The molecule has 1 amide bonds. The topological polar surface area (TPSA) is 55.8 Å². The Morgan fingerprint density at radius 1 is 1.13 bits per heavy atom. The third-order valence-electron chi connectivity index (χ3n) is 5.87. The lowest BCUT2D eigenvalue weighted by molar-refractivity contribution is -0.154. The van der Waals surface area contributed by atoms with Gasteiger partial charge in [-0.15, -0.1) is 0 Å². The summed E-state index contributed by atoms with van der Waals surface area (Å²) >= 11 is 0. The molecular formula is C18H29NO4. The van der Waals surface area contributed by atoms with Crippen LogP contribution in [0, 0.1) is 5.92 Å². The Balaban J connectivity index is 1.66. The number of rotatable bonds is 3. The molecule has 0 N–H and O–H groups in total. The molecule has 3 fully saturated rings. The van der Waals surface area contributed by atoms with Gasteiger partial charge in [0.1, 0.15) is 0 Å². The van der Waals surface area contributed by atoms with Crippen LogP contribution >= 0.6 is 0 Å². The van der Waals surface area contributed by atoms with Crippen LogP contribution in [0.25, 0.3) is 0 Å². The average Bonchev–Trinajstić information content (AvgIpc) is 2.98. The second kappa shape index (κ2) is 7.20. The van der Waals surface area contributed by atoms with Crippen LogP contribution in [0.4, 0.5) is 0 Å². The molecule has 0 radical (unpaired) electrons. The fourth-order valence-electron chi connectivity index (χ4n) is 4.61. The summed E-state index contributed by atoms with van der Waals surface area (Å²) in [7, 11) is 1.39. The Labute approximate surface area is 138 Å². The van der Waals surface area contributed by atoms with Gasteiger partial charge in [-0.05, 0) is 38.5 Å². The quantitative estimate of drug-likeness (QED) is 0.749. The summed E-state index contributed by atoms with van der Waals surface area (Å²) in [6.45, 7) is 2.13. The van der Waals surface area contributed by atoms with Crippen LogP contribution in [-0.2, 0) is 19.1 Å². The molecule has 130 valence electrons. The highest BCUT2D eigenvalue weighted by molar-refractivity contribution is 5.78. The molecule has 3 rings (SSSR count). The number of carbonyl (C=O) groups excluding carboxylic acids is 2.